The molecular weight excluding hydrogens is 452 g/mol. The minimum Gasteiger partial charge on any atom is -0.207 e. The van der Waals surface area contributed by atoms with Gasteiger partial charge in [-0.2, -0.15) is 8.61 Å². The third-order valence-electron chi connectivity index (χ3n) is 5.79. The number of piperidine rings is 2. The van der Waals surface area contributed by atoms with Crippen molar-refractivity contribution in [2.24, 2.45) is 0 Å². The fourth-order valence-electron chi connectivity index (χ4n) is 4.00. The van der Waals surface area contributed by atoms with Crippen LogP contribution in [0.25, 0.3) is 0 Å². The number of nitrogens with zero attached hydrogens (tertiary/aromatic N) is 2. The predicted octanol–water partition coefficient (Wildman–Crippen LogP) is 4.19. The van der Waals surface area contributed by atoms with E-state index in [-0.39, 0.29) is 0 Å². The van der Waals surface area contributed by atoms with Gasteiger partial charge in [-0.25, -0.2) is 16.8 Å². The lowest BCUT2D eigenvalue weighted by atomic mass is 10.2. The molecule has 0 amide bonds. The fraction of sp³-hybridized carbons (Fsp3) is 0.455. The van der Waals surface area contributed by atoms with Crippen LogP contribution in [-0.4, -0.2) is 51.6 Å². The molecule has 168 valence electrons. The molecular formula is C22H28N2O4S3. The van der Waals surface area contributed by atoms with E-state index in [4.69, 9.17) is 0 Å². The highest BCUT2D eigenvalue weighted by molar-refractivity contribution is 7.99. The summed E-state index contributed by atoms with van der Waals surface area (Å²) >= 11 is 1.48. The molecule has 9 heteroatoms. The first-order chi connectivity index (χ1) is 14.9. The summed E-state index contributed by atoms with van der Waals surface area (Å²) < 4.78 is 54.2. The van der Waals surface area contributed by atoms with Crippen LogP contribution in [0.1, 0.15) is 38.5 Å². The first-order valence-corrected chi connectivity index (χ1v) is 14.5. The van der Waals surface area contributed by atoms with E-state index in [0.717, 1.165) is 48.3 Å². The van der Waals surface area contributed by atoms with Gasteiger partial charge >= 0.3 is 0 Å². The SMILES string of the molecule is O=S(=O)(c1ccc(Sc2ccc(S(=O)(=O)N3CCCCC3)cc2)cc1)N1CCCCC1. The van der Waals surface area contributed by atoms with E-state index in [1.54, 1.807) is 57.1 Å². The first kappa shape index (κ1) is 22.8. The monoisotopic (exact) mass is 480 g/mol. The van der Waals surface area contributed by atoms with Gasteiger partial charge in [-0.05, 0) is 74.2 Å². The Morgan fingerprint density at radius 2 is 0.839 bits per heavy atom. The molecule has 4 rings (SSSR count). The van der Waals surface area contributed by atoms with Crippen LogP contribution < -0.4 is 0 Å². The third-order valence-corrected chi connectivity index (χ3v) is 10.6. The largest absolute Gasteiger partial charge is 0.243 e. The molecule has 2 fully saturated rings. The van der Waals surface area contributed by atoms with Crippen LogP contribution in [0.15, 0.2) is 68.1 Å². The quantitative estimate of drug-likeness (QED) is 0.620. The summed E-state index contributed by atoms with van der Waals surface area (Å²) in [6, 6.07) is 13.8. The van der Waals surface area contributed by atoms with E-state index >= 15 is 0 Å². The first-order valence-electron chi connectivity index (χ1n) is 10.8. The summed E-state index contributed by atoms with van der Waals surface area (Å²) in [7, 11) is -6.86. The lowest BCUT2D eigenvalue weighted by Gasteiger charge is -2.26. The van der Waals surface area contributed by atoms with E-state index in [9.17, 15) is 16.8 Å². The Hall–Kier alpha value is -1.39. The van der Waals surface area contributed by atoms with Crippen LogP contribution >= 0.6 is 11.8 Å². The zero-order valence-corrected chi connectivity index (χ0v) is 19.9. The van der Waals surface area contributed by atoms with Crippen molar-refractivity contribution in [3.63, 3.8) is 0 Å². The second kappa shape index (κ2) is 9.62. The van der Waals surface area contributed by atoms with Gasteiger partial charge in [0.1, 0.15) is 0 Å². The van der Waals surface area contributed by atoms with Crippen LogP contribution in [0, 0.1) is 0 Å². The Morgan fingerprint density at radius 3 is 1.16 bits per heavy atom. The maximum absolute atomic E-state index is 12.8. The van der Waals surface area contributed by atoms with E-state index < -0.39 is 20.0 Å². The molecule has 31 heavy (non-hydrogen) atoms. The van der Waals surface area contributed by atoms with E-state index in [0.29, 0.717) is 36.0 Å². The van der Waals surface area contributed by atoms with Gasteiger partial charge in [0.15, 0.2) is 0 Å². The molecule has 2 heterocycles. The molecule has 0 aromatic heterocycles. The molecule has 0 spiro atoms. The minimum absolute atomic E-state index is 0.321. The highest BCUT2D eigenvalue weighted by Crippen LogP contribution is 2.31. The Balaban J connectivity index is 1.43. The van der Waals surface area contributed by atoms with Crippen LogP contribution in [0.5, 0.6) is 0 Å². The Morgan fingerprint density at radius 1 is 0.516 bits per heavy atom. The predicted molar refractivity (Wildman–Crippen MR) is 122 cm³/mol. The molecule has 0 bridgehead atoms. The number of hydrogen-bond donors (Lipinski definition) is 0. The summed E-state index contributed by atoms with van der Waals surface area (Å²) in [6.07, 6.45) is 5.82. The molecule has 2 aliphatic rings. The number of benzene rings is 2. The second-order valence-electron chi connectivity index (χ2n) is 7.97. The topological polar surface area (TPSA) is 74.8 Å². The lowest BCUT2D eigenvalue weighted by Crippen LogP contribution is -2.35. The fourth-order valence-corrected chi connectivity index (χ4v) is 7.85. The molecule has 0 unspecified atom stereocenters. The zero-order chi connectivity index (χ0) is 21.9. The summed E-state index contributed by atoms with van der Waals surface area (Å²) in [5, 5.41) is 0. The van der Waals surface area contributed by atoms with Gasteiger partial charge in [0.05, 0.1) is 9.79 Å². The van der Waals surface area contributed by atoms with Gasteiger partial charge in [0.25, 0.3) is 0 Å². The van der Waals surface area contributed by atoms with Crippen LogP contribution in [0.2, 0.25) is 0 Å². The molecule has 0 N–H and O–H groups in total. The Kier molecular flexibility index (Phi) is 7.07. The van der Waals surface area contributed by atoms with Crippen molar-refractivity contribution in [1.82, 2.24) is 8.61 Å². The summed E-state index contributed by atoms with van der Waals surface area (Å²) in [6.45, 7) is 2.36. The Labute approximate surface area is 189 Å². The van der Waals surface area contributed by atoms with Crippen molar-refractivity contribution in [3.05, 3.63) is 48.5 Å². The van der Waals surface area contributed by atoms with E-state index in [2.05, 4.69) is 0 Å². The molecule has 2 saturated heterocycles. The molecule has 0 atom stereocenters. The maximum Gasteiger partial charge on any atom is 0.243 e. The van der Waals surface area contributed by atoms with Gasteiger partial charge in [-0.15, -0.1) is 0 Å². The highest BCUT2D eigenvalue weighted by atomic mass is 32.2. The van der Waals surface area contributed by atoms with Crippen molar-refractivity contribution in [2.75, 3.05) is 26.2 Å². The molecule has 2 aliphatic heterocycles. The van der Waals surface area contributed by atoms with Gasteiger partial charge in [-0.1, -0.05) is 24.6 Å². The van der Waals surface area contributed by atoms with Gasteiger partial charge < -0.3 is 0 Å². The second-order valence-corrected chi connectivity index (χ2v) is 13.0. The van der Waals surface area contributed by atoms with Crippen LogP contribution in [-0.2, 0) is 20.0 Å². The Bertz CT molecular complexity index is 997. The van der Waals surface area contributed by atoms with E-state index in [1.165, 1.54) is 11.8 Å². The molecule has 0 aliphatic carbocycles. The minimum atomic E-state index is -3.43. The average molecular weight is 481 g/mol. The van der Waals surface area contributed by atoms with Crippen molar-refractivity contribution < 1.29 is 16.8 Å². The average Bonchev–Trinajstić information content (AvgIpc) is 2.81. The molecule has 2 aromatic rings. The molecule has 2 aromatic carbocycles. The van der Waals surface area contributed by atoms with Gasteiger partial charge in [0, 0.05) is 36.0 Å². The lowest BCUT2D eigenvalue weighted by molar-refractivity contribution is 0.346. The summed E-state index contributed by atoms with van der Waals surface area (Å²) in [5.41, 5.74) is 0. The van der Waals surface area contributed by atoms with Crippen LogP contribution in [0.4, 0.5) is 0 Å². The van der Waals surface area contributed by atoms with Gasteiger partial charge in [0.2, 0.25) is 20.0 Å². The van der Waals surface area contributed by atoms with Gasteiger partial charge in [-0.3, -0.25) is 0 Å². The molecule has 6 nitrogen and oxygen atoms in total. The van der Waals surface area contributed by atoms with Crippen molar-refractivity contribution in [2.45, 2.75) is 58.1 Å². The number of hydrogen-bond acceptors (Lipinski definition) is 5. The maximum atomic E-state index is 12.8. The molecule has 0 saturated carbocycles. The standard InChI is InChI=1S/C22H28N2O4S3/c25-30(26,23-15-3-1-4-16-23)21-11-7-19(8-12-21)29-20-9-13-22(14-10-20)31(27,28)24-17-5-2-6-18-24/h7-14H,1-6,15-18H2. The van der Waals surface area contributed by atoms with Crippen molar-refractivity contribution in [1.29, 1.82) is 0 Å². The third kappa shape index (κ3) is 5.17. The normalized spacial score (nSPS) is 19.4. The molecule has 0 radical (unpaired) electrons. The summed E-state index contributed by atoms with van der Waals surface area (Å²) in [5.74, 6) is 0. The van der Waals surface area contributed by atoms with Crippen molar-refractivity contribution in [3.8, 4) is 0 Å². The number of sulfonamides is 2. The van der Waals surface area contributed by atoms with Crippen molar-refractivity contribution >= 4 is 31.8 Å². The highest BCUT2D eigenvalue weighted by Gasteiger charge is 2.27. The zero-order valence-electron chi connectivity index (χ0n) is 17.4. The summed E-state index contributed by atoms with van der Waals surface area (Å²) in [4.78, 5) is 2.46. The number of rotatable bonds is 6. The van der Waals surface area contributed by atoms with E-state index in [1.807, 2.05) is 0 Å². The van der Waals surface area contributed by atoms with Crippen LogP contribution in [0.3, 0.4) is 0 Å². The smallest absolute Gasteiger partial charge is 0.207 e.